The number of amides is 2. The summed E-state index contributed by atoms with van der Waals surface area (Å²) in [5, 5.41) is 5.10. The molecule has 0 unspecified atom stereocenters. The number of para-hydroxylation sites is 1. The maximum atomic E-state index is 13.0. The molecule has 2 N–H and O–H groups in total. The van der Waals surface area contributed by atoms with E-state index in [1.54, 1.807) is 36.4 Å². The van der Waals surface area contributed by atoms with Gasteiger partial charge in [0, 0.05) is 16.1 Å². The van der Waals surface area contributed by atoms with Crippen LogP contribution in [-0.2, 0) is 11.0 Å². The third-order valence-electron chi connectivity index (χ3n) is 4.28. The molecule has 0 fully saturated rings. The lowest BCUT2D eigenvalue weighted by Gasteiger charge is -2.13. The van der Waals surface area contributed by atoms with Crippen LogP contribution < -0.4 is 10.6 Å². The highest BCUT2D eigenvalue weighted by molar-refractivity contribution is 8.00. The van der Waals surface area contributed by atoms with Crippen LogP contribution >= 0.6 is 11.8 Å². The first-order valence-electron chi connectivity index (χ1n) is 9.29. The molecule has 0 atom stereocenters. The summed E-state index contributed by atoms with van der Waals surface area (Å²) in [4.78, 5) is 25.2. The molecule has 3 aromatic carbocycles. The first-order valence-corrected chi connectivity index (χ1v) is 10.3. The minimum absolute atomic E-state index is 0.0818. The van der Waals surface area contributed by atoms with Gasteiger partial charge in [-0.25, -0.2) is 0 Å². The van der Waals surface area contributed by atoms with Crippen molar-refractivity contribution in [1.82, 2.24) is 0 Å². The summed E-state index contributed by atoms with van der Waals surface area (Å²) in [6, 6.07) is 18.9. The number of benzene rings is 3. The lowest BCUT2D eigenvalue weighted by molar-refractivity contribution is -0.137. The van der Waals surface area contributed by atoms with E-state index in [2.05, 4.69) is 10.6 Å². The number of rotatable bonds is 6. The molecule has 0 aliphatic heterocycles. The third-order valence-corrected chi connectivity index (χ3v) is 5.28. The maximum Gasteiger partial charge on any atom is 0.418 e. The van der Waals surface area contributed by atoms with E-state index >= 15 is 0 Å². The largest absolute Gasteiger partial charge is 0.418 e. The Balaban J connectivity index is 1.60. The van der Waals surface area contributed by atoms with Crippen LogP contribution in [0.3, 0.4) is 0 Å². The van der Waals surface area contributed by atoms with Gasteiger partial charge in [0.1, 0.15) is 0 Å². The Morgan fingerprint density at radius 1 is 0.903 bits per heavy atom. The quantitative estimate of drug-likeness (QED) is 0.459. The van der Waals surface area contributed by atoms with Crippen molar-refractivity contribution in [3.05, 3.63) is 89.5 Å². The molecule has 0 saturated carbocycles. The van der Waals surface area contributed by atoms with E-state index in [1.165, 1.54) is 18.2 Å². The van der Waals surface area contributed by atoms with Gasteiger partial charge in [-0.1, -0.05) is 35.9 Å². The molecule has 3 aromatic rings. The van der Waals surface area contributed by atoms with Gasteiger partial charge in [0.05, 0.1) is 17.0 Å². The number of hydrogen-bond acceptors (Lipinski definition) is 3. The van der Waals surface area contributed by atoms with Gasteiger partial charge in [0.2, 0.25) is 5.91 Å². The molecule has 0 aromatic heterocycles. The zero-order chi connectivity index (χ0) is 22.4. The second-order valence-corrected chi connectivity index (χ2v) is 7.78. The highest BCUT2D eigenvalue weighted by Crippen LogP contribution is 2.34. The van der Waals surface area contributed by atoms with Crippen LogP contribution in [0.25, 0.3) is 0 Å². The zero-order valence-corrected chi connectivity index (χ0v) is 17.3. The van der Waals surface area contributed by atoms with Crippen LogP contribution in [0.1, 0.15) is 21.5 Å². The summed E-state index contributed by atoms with van der Waals surface area (Å²) in [5.74, 6) is -0.902. The molecule has 0 spiro atoms. The number of anilines is 2. The van der Waals surface area contributed by atoms with Gasteiger partial charge in [-0.3, -0.25) is 9.59 Å². The van der Waals surface area contributed by atoms with Crippen LogP contribution in [0.5, 0.6) is 0 Å². The number of carbonyl (C=O) groups excluding carboxylic acids is 2. The molecule has 0 aliphatic rings. The number of alkyl halides is 3. The fraction of sp³-hybridized carbons (Fsp3) is 0.130. The van der Waals surface area contributed by atoms with Gasteiger partial charge >= 0.3 is 6.18 Å². The summed E-state index contributed by atoms with van der Waals surface area (Å²) >= 11 is 1.16. The van der Waals surface area contributed by atoms with Crippen LogP contribution in [0.2, 0.25) is 0 Å². The highest BCUT2D eigenvalue weighted by atomic mass is 32.2. The smallest absolute Gasteiger partial charge is 0.325 e. The van der Waals surface area contributed by atoms with Crippen molar-refractivity contribution in [3.8, 4) is 0 Å². The predicted molar refractivity (Wildman–Crippen MR) is 116 cm³/mol. The molecule has 0 bridgehead atoms. The second-order valence-electron chi connectivity index (χ2n) is 6.73. The van der Waals surface area contributed by atoms with Crippen molar-refractivity contribution in [2.24, 2.45) is 0 Å². The molecule has 31 heavy (non-hydrogen) atoms. The van der Waals surface area contributed by atoms with Crippen molar-refractivity contribution >= 4 is 35.0 Å². The van der Waals surface area contributed by atoms with E-state index in [1.807, 2.05) is 19.1 Å². The summed E-state index contributed by atoms with van der Waals surface area (Å²) in [5.41, 5.74) is 0.949. The molecule has 3 rings (SSSR count). The fourth-order valence-electron chi connectivity index (χ4n) is 2.75. The van der Waals surface area contributed by atoms with Crippen molar-refractivity contribution in [2.45, 2.75) is 18.0 Å². The number of thioether (sulfide) groups is 1. The van der Waals surface area contributed by atoms with E-state index in [0.29, 0.717) is 16.1 Å². The number of halogens is 3. The Hall–Kier alpha value is -3.26. The number of aryl methyl sites for hydroxylation is 1. The number of carbonyl (C=O) groups is 2. The average molecular weight is 444 g/mol. The zero-order valence-electron chi connectivity index (χ0n) is 16.5. The van der Waals surface area contributed by atoms with Crippen LogP contribution in [0, 0.1) is 6.92 Å². The van der Waals surface area contributed by atoms with E-state index < -0.39 is 17.6 Å². The minimum Gasteiger partial charge on any atom is -0.325 e. The van der Waals surface area contributed by atoms with Crippen LogP contribution in [-0.4, -0.2) is 17.6 Å². The third kappa shape index (κ3) is 6.36. The van der Waals surface area contributed by atoms with Gasteiger partial charge in [-0.05, 0) is 49.4 Å². The number of hydrogen-bond donors (Lipinski definition) is 2. The number of nitrogens with one attached hydrogen (secondary N) is 2. The summed E-state index contributed by atoms with van der Waals surface area (Å²) < 4.78 is 39.1. The molecule has 2 amide bonds. The van der Waals surface area contributed by atoms with E-state index in [4.69, 9.17) is 0 Å². The fourth-order valence-corrected chi connectivity index (χ4v) is 3.50. The van der Waals surface area contributed by atoms with Gasteiger partial charge in [0.25, 0.3) is 5.91 Å². The minimum atomic E-state index is -4.55. The molecular formula is C23H19F3N2O2S. The molecule has 4 nitrogen and oxygen atoms in total. The van der Waals surface area contributed by atoms with E-state index in [0.717, 1.165) is 23.4 Å². The monoisotopic (exact) mass is 444 g/mol. The SMILES string of the molecule is Cc1ccc(C(=O)Nc2cccc(SCC(=O)Nc3ccccc3C(F)(F)F)c2)cc1. The molecular weight excluding hydrogens is 425 g/mol. The van der Waals surface area contributed by atoms with E-state index in [-0.39, 0.29) is 17.3 Å². The molecule has 0 aliphatic carbocycles. The first kappa shape index (κ1) is 22.4. The predicted octanol–water partition coefficient (Wildman–Crippen LogP) is 6.00. The molecule has 0 radical (unpaired) electrons. The van der Waals surface area contributed by atoms with Gasteiger partial charge in [-0.15, -0.1) is 11.8 Å². The Kier molecular flexibility index (Phi) is 7.02. The van der Waals surface area contributed by atoms with Gasteiger partial charge < -0.3 is 10.6 Å². The second kappa shape index (κ2) is 9.70. The standard InChI is InChI=1S/C23H19F3N2O2S/c1-15-9-11-16(12-10-15)22(30)27-17-5-4-6-18(13-17)31-14-21(29)28-20-8-3-2-7-19(20)23(24,25)26/h2-13H,14H2,1H3,(H,27,30)(H,28,29). The maximum absolute atomic E-state index is 13.0. The van der Waals surface area contributed by atoms with Gasteiger partial charge in [-0.2, -0.15) is 13.2 Å². The summed E-state index contributed by atoms with van der Waals surface area (Å²) in [6.07, 6.45) is -4.55. The Labute approximate surface area is 181 Å². The lowest BCUT2D eigenvalue weighted by Crippen LogP contribution is -2.18. The van der Waals surface area contributed by atoms with Crippen molar-refractivity contribution in [1.29, 1.82) is 0 Å². The first-order chi connectivity index (χ1) is 14.7. The lowest BCUT2D eigenvalue weighted by atomic mass is 10.1. The Morgan fingerprint density at radius 3 is 2.32 bits per heavy atom. The summed E-state index contributed by atoms with van der Waals surface area (Å²) in [6.45, 7) is 1.93. The van der Waals surface area contributed by atoms with Crippen LogP contribution in [0.15, 0.2) is 77.7 Å². The molecule has 0 heterocycles. The molecule has 8 heteroatoms. The topological polar surface area (TPSA) is 58.2 Å². The van der Waals surface area contributed by atoms with Gasteiger partial charge in [0.15, 0.2) is 0 Å². The summed E-state index contributed by atoms with van der Waals surface area (Å²) in [7, 11) is 0. The average Bonchev–Trinajstić information content (AvgIpc) is 2.72. The Morgan fingerprint density at radius 2 is 1.61 bits per heavy atom. The molecule has 0 saturated heterocycles. The Bertz CT molecular complexity index is 1080. The molecule has 160 valence electrons. The normalized spacial score (nSPS) is 11.1. The van der Waals surface area contributed by atoms with Crippen molar-refractivity contribution < 1.29 is 22.8 Å². The van der Waals surface area contributed by atoms with Crippen LogP contribution in [0.4, 0.5) is 24.5 Å². The van der Waals surface area contributed by atoms with Crippen molar-refractivity contribution in [3.63, 3.8) is 0 Å². The highest BCUT2D eigenvalue weighted by Gasteiger charge is 2.33. The van der Waals surface area contributed by atoms with E-state index in [9.17, 15) is 22.8 Å². The van der Waals surface area contributed by atoms with Crippen molar-refractivity contribution in [2.75, 3.05) is 16.4 Å².